The van der Waals surface area contributed by atoms with E-state index in [0.29, 0.717) is 57.0 Å². The van der Waals surface area contributed by atoms with E-state index in [4.69, 9.17) is 15.5 Å². The van der Waals surface area contributed by atoms with Gasteiger partial charge in [0.2, 0.25) is 0 Å². The van der Waals surface area contributed by atoms with Gasteiger partial charge in [-0.25, -0.2) is 0 Å². The summed E-state index contributed by atoms with van der Waals surface area (Å²) in [4.78, 5) is 19.9. The van der Waals surface area contributed by atoms with E-state index in [2.05, 4.69) is 19.2 Å². The number of piperidine rings is 1. The van der Waals surface area contributed by atoms with Crippen molar-refractivity contribution in [1.82, 2.24) is 0 Å². The fraction of sp³-hybridized carbons (Fsp3) is 0.956. The van der Waals surface area contributed by atoms with Gasteiger partial charge in [-0.2, -0.15) is 0 Å². The number of ketones is 1. The Balaban J connectivity index is 1.33. The number of aliphatic imine (C=N–C) groups is 1. The van der Waals surface area contributed by atoms with E-state index in [1.165, 1.54) is 19.3 Å². The molecule has 18 atom stereocenters. The zero-order valence-corrected chi connectivity index (χ0v) is 35.8. The lowest BCUT2D eigenvalue weighted by Crippen LogP contribution is -3.00. The molecule has 0 aromatic carbocycles. The summed E-state index contributed by atoms with van der Waals surface area (Å²) < 4.78 is 6.29. The number of unbranched alkanes of at least 4 members (excludes halogenated alkanes) is 3. The second-order valence-electron chi connectivity index (χ2n) is 20.6. The van der Waals surface area contributed by atoms with E-state index in [-0.39, 0.29) is 61.5 Å². The third-order valence-corrected chi connectivity index (χ3v) is 17.3. The van der Waals surface area contributed by atoms with E-state index in [9.17, 15) is 35.7 Å². The normalized spacial score (nSPS) is 46.3. The Labute approximate surface area is 341 Å². The molecule has 4 aliphatic carbocycles. The minimum atomic E-state index is -1.59. The number of quaternary nitrogens is 1. The Kier molecular flexibility index (Phi) is 14.4. The SMILES string of the molecule is CCCCCCC1COC(C(O)C(C)(O)C2CCC3(O)C4C(=NCC(C)O)C(=O)C5CC(O)C(O)CC5(CCC5CCC(N)[NH2+]C5CCCO)C4CCC23C)C1C. The van der Waals surface area contributed by atoms with Gasteiger partial charge in [-0.1, -0.05) is 46.5 Å². The summed E-state index contributed by atoms with van der Waals surface area (Å²) in [6.07, 6.45) is 8.20. The number of aliphatic hydroxyl groups excluding tert-OH is 5. The van der Waals surface area contributed by atoms with Crippen LogP contribution in [0.1, 0.15) is 144 Å². The van der Waals surface area contributed by atoms with Crippen molar-refractivity contribution in [2.24, 2.45) is 63.0 Å². The Hall–Kier alpha value is -1.06. The highest BCUT2D eigenvalue weighted by Crippen LogP contribution is 2.70. The van der Waals surface area contributed by atoms with Crippen molar-refractivity contribution in [1.29, 1.82) is 0 Å². The van der Waals surface area contributed by atoms with Crippen molar-refractivity contribution in [3.8, 4) is 0 Å². The lowest BCUT2D eigenvalue weighted by molar-refractivity contribution is -0.737. The van der Waals surface area contributed by atoms with Crippen LogP contribution in [0.5, 0.6) is 0 Å². The quantitative estimate of drug-likeness (QED) is 0.104. The third kappa shape index (κ3) is 8.33. The van der Waals surface area contributed by atoms with Gasteiger partial charge in [-0.15, -0.1) is 0 Å². The zero-order chi connectivity index (χ0) is 41.5. The maximum Gasteiger partial charge on any atom is 0.180 e. The summed E-state index contributed by atoms with van der Waals surface area (Å²) >= 11 is 0. The second kappa shape index (κ2) is 18.1. The monoisotopic (exact) mass is 807 g/mol. The molecular formula is C45H80N3O9+. The predicted octanol–water partition coefficient (Wildman–Crippen LogP) is 2.60. The van der Waals surface area contributed by atoms with Gasteiger partial charge >= 0.3 is 0 Å². The summed E-state index contributed by atoms with van der Waals surface area (Å²) in [5.41, 5.74) is 2.02. The molecule has 328 valence electrons. The molecule has 0 bridgehead atoms. The van der Waals surface area contributed by atoms with Crippen LogP contribution < -0.4 is 11.1 Å². The molecule has 6 aliphatic rings. The van der Waals surface area contributed by atoms with Crippen LogP contribution in [-0.4, -0.2) is 121 Å². The first kappa shape index (κ1) is 45.5. The van der Waals surface area contributed by atoms with Crippen molar-refractivity contribution >= 4 is 11.5 Å². The first-order valence-electron chi connectivity index (χ1n) is 23.0. The highest BCUT2D eigenvalue weighted by atomic mass is 16.5. The van der Waals surface area contributed by atoms with Crippen LogP contribution in [-0.2, 0) is 9.53 Å². The smallest absolute Gasteiger partial charge is 0.180 e. The molecule has 18 unspecified atom stereocenters. The van der Waals surface area contributed by atoms with E-state index < -0.39 is 70.3 Å². The van der Waals surface area contributed by atoms with Crippen LogP contribution in [0.4, 0.5) is 0 Å². The van der Waals surface area contributed by atoms with Gasteiger partial charge in [0.15, 0.2) is 5.78 Å². The molecule has 2 saturated heterocycles. The number of hydrogen-bond donors (Lipinski definition) is 9. The number of nitrogens with two attached hydrogens (primary N) is 2. The Morgan fingerprint density at radius 1 is 1.02 bits per heavy atom. The van der Waals surface area contributed by atoms with Gasteiger partial charge in [0.1, 0.15) is 12.3 Å². The molecule has 12 nitrogen and oxygen atoms in total. The van der Waals surface area contributed by atoms with Crippen LogP contribution in [0.15, 0.2) is 4.99 Å². The molecule has 57 heavy (non-hydrogen) atoms. The minimum Gasteiger partial charge on any atom is -0.396 e. The van der Waals surface area contributed by atoms with E-state index in [1.807, 2.05) is 6.92 Å². The van der Waals surface area contributed by atoms with Crippen LogP contribution in [0, 0.1) is 52.3 Å². The number of carbonyl (C=O) groups is 1. The third-order valence-electron chi connectivity index (χ3n) is 17.3. The molecule has 0 spiro atoms. The van der Waals surface area contributed by atoms with Crippen molar-refractivity contribution in [2.45, 2.75) is 198 Å². The fourth-order valence-corrected chi connectivity index (χ4v) is 13.9. The number of nitrogens with zero attached hydrogens (tertiary/aromatic N) is 1. The summed E-state index contributed by atoms with van der Waals surface area (Å²) in [5, 5.41) is 83.0. The molecule has 0 amide bonds. The maximum absolute atomic E-state index is 15.1. The molecule has 6 fully saturated rings. The van der Waals surface area contributed by atoms with Gasteiger partial charge in [-0.05, 0) is 114 Å². The lowest BCUT2D eigenvalue weighted by atomic mass is 9.40. The van der Waals surface area contributed by atoms with Crippen LogP contribution in [0.3, 0.4) is 0 Å². The number of Topliss-reactive ketones (excluding diaryl/α,β-unsaturated/α-hetero) is 1. The van der Waals surface area contributed by atoms with Crippen LogP contribution in [0.25, 0.3) is 0 Å². The second-order valence-corrected chi connectivity index (χ2v) is 20.6. The first-order valence-corrected chi connectivity index (χ1v) is 23.0. The molecule has 2 aliphatic heterocycles. The van der Waals surface area contributed by atoms with Gasteiger partial charge in [0.05, 0.1) is 60.5 Å². The van der Waals surface area contributed by atoms with E-state index in [0.717, 1.165) is 38.5 Å². The van der Waals surface area contributed by atoms with Gasteiger partial charge in [0.25, 0.3) is 0 Å². The largest absolute Gasteiger partial charge is 0.396 e. The maximum atomic E-state index is 15.1. The van der Waals surface area contributed by atoms with Gasteiger partial charge < -0.3 is 45.8 Å². The molecule has 4 saturated carbocycles. The van der Waals surface area contributed by atoms with Gasteiger partial charge in [-0.3, -0.25) is 15.5 Å². The summed E-state index contributed by atoms with van der Waals surface area (Å²) in [7, 11) is 0. The van der Waals surface area contributed by atoms with E-state index >= 15 is 4.79 Å². The van der Waals surface area contributed by atoms with E-state index in [1.54, 1.807) is 13.8 Å². The topological polar surface area (TPSA) is 223 Å². The number of ether oxygens (including phenoxy) is 1. The molecule has 11 N–H and O–H groups in total. The molecule has 0 radical (unpaired) electrons. The van der Waals surface area contributed by atoms with Crippen molar-refractivity contribution in [3.63, 3.8) is 0 Å². The molecule has 0 aromatic rings. The average Bonchev–Trinajstić information content (AvgIpc) is 3.67. The number of hydrogen-bond acceptors (Lipinski definition) is 11. The average molecular weight is 807 g/mol. The zero-order valence-electron chi connectivity index (χ0n) is 35.8. The number of fused-ring (bicyclic) bond motifs is 5. The number of aliphatic hydroxyl groups is 7. The first-order chi connectivity index (χ1) is 27.0. The Morgan fingerprint density at radius 2 is 1.77 bits per heavy atom. The fourth-order valence-electron chi connectivity index (χ4n) is 13.9. The highest BCUT2D eigenvalue weighted by Gasteiger charge is 2.74. The minimum absolute atomic E-state index is 0.00304. The molecule has 6 rings (SSSR count). The molecule has 12 heteroatoms. The van der Waals surface area contributed by atoms with Crippen molar-refractivity contribution in [3.05, 3.63) is 0 Å². The molecule has 2 heterocycles. The Bertz CT molecular complexity index is 1400. The predicted molar refractivity (Wildman–Crippen MR) is 218 cm³/mol. The van der Waals surface area contributed by atoms with Gasteiger partial charge in [0, 0.05) is 42.6 Å². The number of carbonyl (C=O) groups excluding carboxylic acids is 1. The summed E-state index contributed by atoms with van der Waals surface area (Å²) in [6.45, 7) is 10.4. The van der Waals surface area contributed by atoms with Crippen LogP contribution in [0.2, 0.25) is 0 Å². The summed E-state index contributed by atoms with van der Waals surface area (Å²) in [6, 6.07) is 0.235. The standard InChI is InChI=1S/C45H79N3O9/c1-6-7-8-9-11-29-25-57-40(27(29)3)41(54)43(5,55)35-17-20-45(56)37-30(16-18-42(35,45)4)44(19-15-28-13-14-36(46)48-32(28)12-10-21-49)23-34(52)33(51)22-31(44)39(53)38(37)47-24-26(2)50/h26-37,40-41,48-52,54-56H,6-25,46H2,1-5H3/p+1. The number of rotatable bonds is 16. The molecular weight excluding hydrogens is 727 g/mol. The Morgan fingerprint density at radius 3 is 2.47 bits per heavy atom. The van der Waals surface area contributed by atoms with Crippen molar-refractivity contribution < 1.29 is 50.6 Å². The highest BCUT2D eigenvalue weighted by molar-refractivity contribution is 6.42. The lowest BCUT2D eigenvalue weighted by Gasteiger charge is -2.65. The van der Waals surface area contributed by atoms with Crippen LogP contribution >= 0.6 is 0 Å². The summed E-state index contributed by atoms with van der Waals surface area (Å²) in [5.74, 6) is -1.56. The van der Waals surface area contributed by atoms with Crippen molar-refractivity contribution in [2.75, 3.05) is 19.8 Å². The molecule has 0 aromatic heterocycles.